The zero-order chi connectivity index (χ0) is 20.6. The highest BCUT2D eigenvalue weighted by Gasteiger charge is 2.25. The van der Waals surface area contributed by atoms with E-state index in [4.69, 9.17) is 4.74 Å². The average molecular weight is 443 g/mol. The molecule has 0 fully saturated rings. The van der Waals surface area contributed by atoms with Crippen molar-refractivity contribution in [2.45, 2.75) is 45.3 Å². The molecule has 2 N–H and O–H groups in total. The second-order valence-electron chi connectivity index (χ2n) is 6.65. The molecule has 0 bridgehead atoms. The van der Waals surface area contributed by atoms with Crippen LogP contribution in [-0.4, -0.2) is 43.0 Å². The van der Waals surface area contributed by atoms with Gasteiger partial charge in [0, 0.05) is 16.5 Å². The van der Waals surface area contributed by atoms with E-state index in [1.165, 1.54) is 7.11 Å². The highest BCUT2D eigenvalue weighted by atomic mass is 79.9. The lowest BCUT2D eigenvalue weighted by Crippen LogP contribution is -2.46. The first-order valence-corrected chi connectivity index (χ1v) is 8.97. The number of aldehydes is 1. The highest BCUT2D eigenvalue weighted by Crippen LogP contribution is 2.20. The second-order valence-corrected chi connectivity index (χ2v) is 7.57. The molecule has 9 heteroatoms. The molecule has 1 atom stereocenters. The first-order chi connectivity index (χ1) is 12.6. The zero-order valence-corrected chi connectivity index (χ0v) is 17.2. The Morgan fingerprint density at radius 1 is 1.26 bits per heavy atom. The fraction of sp³-hybridized carbons (Fsp3) is 0.444. The molecule has 0 aliphatic carbocycles. The highest BCUT2D eigenvalue weighted by molar-refractivity contribution is 9.10. The van der Waals surface area contributed by atoms with Gasteiger partial charge in [-0.15, -0.1) is 0 Å². The van der Waals surface area contributed by atoms with Crippen LogP contribution >= 0.6 is 15.9 Å². The van der Waals surface area contributed by atoms with Crippen molar-refractivity contribution in [3.63, 3.8) is 0 Å². The van der Waals surface area contributed by atoms with Gasteiger partial charge in [0.2, 0.25) is 5.91 Å². The number of ether oxygens (including phenoxy) is 2. The molecule has 1 unspecified atom stereocenters. The molecular weight excluding hydrogens is 420 g/mol. The molecule has 0 radical (unpaired) electrons. The fourth-order valence-electron chi connectivity index (χ4n) is 2.05. The first kappa shape index (κ1) is 22.6. The molecule has 0 saturated carbocycles. The van der Waals surface area contributed by atoms with Gasteiger partial charge in [-0.05, 0) is 45.4 Å². The zero-order valence-electron chi connectivity index (χ0n) is 15.6. The maximum absolute atomic E-state index is 12.6. The smallest absolute Gasteiger partial charge is 0.408 e. The topological polar surface area (TPSA) is 111 Å². The van der Waals surface area contributed by atoms with Crippen molar-refractivity contribution in [2.24, 2.45) is 0 Å². The van der Waals surface area contributed by atoms with Crippen molar-refractivity contribution in [1.82, 2.24) is 5.32 Å². The van der Waals surface area contributed by atoms with Gasteiger partial charge in [-0.25, -0.2) is 4.79 Å². The van der Waals surface area contributed by atoms with E-state index in [1.807, 2.05) is 0 Å². The third kappa shape index (κ3) is 8.21. The summed E-state index contributed by atoms with van der Waals surface area (Å²) in [4.78, 5) is 47.2. The SMILES string of the molecule is COC(=O)CCC(NC(=O)OC(C)(C)C)C(=O)Nc1ccc(Br)cc1C=O. The van der Waals surface area contributed by atoms with E-state index in [9.17, 15) is 19.2 Å². The van der Waals surface area contributed by atoms with E-state index in [1.54, 1.807) is 39.0 Å². The predicted octanol–water partition coefficient (Wildman–Crippen LogP) is 3.05. The van der Waals surface area contributed by atoms with E-state index >= 15 is 0 Å². The monoisotopic (exact) mass is 442 g/mol. The number of halogens is 1. The Hall–Kier alpha value is -2.42. The van der Waals surface area contributed by atoms with Crippen molar-refractivity contribution in [3.8, 4) is 0 Å². The summed E-state index contributed by atoms with van der Waals surface area (Å²) in [5, 5.41) is 5.03. The van der Waals surface area contributed by atoms with Gasteiger partial charge in [0.15, 0.2) is 6.29 Å². The van der Waals surface area contributed by atoms with Gasteiger partial charge in [-0.2, -0.15) is 0 Å². The Kier molecular flexibility index (Phi) is 8.42. The van der Waals surface area contributed by atoms with Crippen LogP contribution in [0.25, 0.3) is 0 Å². The van der Waals surface area contributed by atoms with Gasteiger partial charge in [-0.3, -0.25) is 14.4 Å². The molecule has 1 aromatic carbocycles. The van der Waals surface area contributed by atoms with E-state index in [2.05, 4.69) is 31.3 Å². The van der Waals surface area contributed by atoms with Crippen molar-refractivity contribution in [1.29, 1.82) is 0 Å². The van der Waals surface area contributed by atoms with Crippen LogP contribution in [0, 0.1) is 0 Å². The number of carbonyl (C=O) groups excluding carboxylic acids is 4. The number of methoxy groups -OCH3 is 1. The minimum atomic E-state index is -1.05. The lowest BCUT2D eigenvalue weighted by Gasteiger charge is -2.23. The summed E-state index contributed by atoms with van der Waals surface area (Å²) in [6, 6.07) is 3.71. The Balaban J connectivity index is 2.93. The number of alkyl carbamates (subject to hydrolysis) is 1. The number of rotatable bonds is 7. The van der Waals surface area contributed by atoms with Crippen LogP contribution in [0.15, 0.2) is 22.7 Å². The summed E-state index contributed by atoms with van der Waals surface area (Å²) < 4.78 is 10.4. The molecule has 0 aromatic heterocycles. The molecule has 0 aliphatic heterocycles. The van der Waals surface area contributed by atoms with Gasteiger partial charge >= 0.3 is 12.1 Å². The number of anilines is 1. The molecule has 27 heavy (non-hydrogen) atoms. The lowest BCUT2D eigenvalue weighted by molar-refractivity contribution is -0.140. The Bertz CT molecular complexity index is 714. The largest absolute Gasteiger partial charge is 0.469 e. The van der Waals surface area contributed by atoms with Crippen LogP contribution < -0.4 is 10.6 Å². The second kappa shape index (κ2) is 10.1. The maximum Gasteiger partial charge on any atom is 0.408 e. The molecular formula is C18H23BrN2O6. The summed E-state index contributed by atoms with van der Waals surface area (Å²) >= 11 is 3.25. The van der Waals surface area contributed by atoms with Crippen LogP contribution in [-0.2, 0) is 19.1 Å². The number of amides is 2. The summed E-state index contributed by atoms with van der Waals surface area (Å²) in [6.45, 7) is 5.07. The van der Waals surface area contributed by atoms with E-state index in [0.29, 0.717) is 10.8 Å². The number of nitrogens with one attached hydrogen (secondary N) is 2. The van der Waals surface area contributed by atoms with Gasteiger partial charge < -0.3 is 20.1 Å². The van der Waals surface area contributed by atoms with Gasteiger partial charge in [-0.1, -0.05) is 15.9 Å². The Morgan fingerprint density at radius 3 is 2.48 bits per heavy atom. The standard InChI is InChI=1S/C18H23BrN2O6/c1-18(2,3)27-17(25)21-14(7-8-15(23)26-4)16(24)20-13-6-5-12(19)9-11(13)10-22/h5-6,9-10,14H,7-8H2,1-4H3,(H,20,24)(H,21,25). The molecule has 1 rings (SSSR count). The van der Waals surface area contributed by atoms with Crippen molar-refractivity contribution < 1.29 is 28.7 Å². The number of hydrogen-bond acceptors (Lipinski definition) is 6. The number of benzene rings is 1. The van der Waals surface area contributed by atoms with Gasteiger partial charge in [0.25, 0.3) is 0 Å². The van der Waals surface area contributed by atoms with Crippen molar-refractivity contribution in [3.05, 3.63) is 28.2 Å². The minimum Gasteiger partial charge on any atom is -0.469 e. The van der Waals surface area contributed by atoms with Gasteiger partial charge in [0.1, 0.15) is 11.6 Å². The summed E-state index contributed by atoms with van der Waals surface area (Å²) in [7, 11) is 1.23. The summed E-state index contributed by atoms with van der Waals surface area (Å²) in [5.74, 6) is -1.11. The van der Waals surface area contributed by atoms with Crippen LogP contribution in [0.2, 0.25) is 0 Å². The molecule has 0 spiro atoms. The quantitative estimate of drug-likeness (QED) is 0.495. The number of esters is 1. The third-order valence-electron chi connectivity index (χ3n) is 3.27. The lowest BCUT2D eigenvalue weighted by atomic mass is 10.1. The molecule has 0 aliphatic rings. The molecule has 1 aromatic rings. The van der Waals surface area contributed by atoms with Crippen LogP contribution in [0.1, 0.15) is 44.0 Å². The normalized spacial score (nSPS) is 11.9. The Morgan fingerprint density at radius 2 is 1.93 bits per heavy atom. The molecule has 8 nitrogen and oxygen atoms in total. The van der Waals surface area contributed by atoms with Crippen LogP contribution in [0.3, 0.4) is 0 Å². The molecule has 2 amide bonds. The molecule has 148 valence electrons. The Labute approximate surface area is 166 Å². The van der Waals surface area contributed by atoms with E-state index in [-0.39, 0.29) is 24.1 Å². The number of hydrogen-bond donors (Lipinski definition) is 2. The first-order valence-electron chi connectivity index (χ1n) is 8.17. The fourth-order valence-corrected chi connectivity index (χ4v) is 2.43. The van der Waals surface area contributed by atoms with Crippen LogP contribution in [0.4, 0.5) is 10.5 Å². The maximum atomic E-state index is 12.6. The van der Waals surface area contributed by atoms with Gasteiger partial charge in [0.05, 0.1) is 12.8 Å². The van der Waals surface area contributed by atoms with Crippen LogP contribution in [0.5, 0.6) is 0 Å². The van der Waals surface area contributed by atoms with Crippen molar-refractivity contribution in [2.75, 3.05) is 12.4 Å². The number of carbonyl (C=O) groups is 4. The third-order valence-corrected chi connectivity index (χ3v) is 3.76. The average Bonchev–Trinajstić information content (AvgIpc) is 2.57. The summed E-state index contributed by atoms with van der Waals surface area (Å²) in [5.41, 5.74) is -0.196. The summed E-state index contributed by atoms with van der Waals surface area (Å²) in [6.07, 6.45) is -0.264. The molecule has 0 saturated heterocycles. The van der Waals surface area contributed by atoms with Crippen molar-refractivity contribution >= 4 is 45.9 Å². The predicted molar refractivity (Wildman–Crippen MR) is 103 cm³/mol. The molecule has 0 heterocycles. The van der Waals surface area contributed by atoms with E-state index in [0.717, 1.165) is 0 Å². The minimum absolute atomic E-state index is 0.00466. The van der Waals surface area contributed by atoms with E-state index < -0.39 is 29.6 Å².